The second kappa shape index (κ2) is 8.04. The molecule has 5 rings (SSSR count). The minimum Gasteiger partial charge on any atom is -0.312 e. The van der Waals surface area contributed by atoms with Crippen LogP contribution in [0.3, 0.4) is 0 Å². The third-order valence-electron chi connectivity index (χ3n) is 5.98. The number of Topliss-reactive ketones (excluding diaryl/α,β-unsaturated/α-hetero) is 1. The summed E-state index contributed by atoms with van der Waals surface area (Å²) in [5.74, 6) is 0.509. The van der Waals surface area contributed by atoms with Gasteiger partial charge in [0.05, 0.1) is 6.54 Å². The highest BCUT2D eigenvalue weighted by atomic mass is 35.5. The van der Waals surface area contributed by atoms with Crippen molar-refractivity contribution < 1.29 is 4.79 Å². The van der Waals surface area contributed by atoms with E-state index in [0.29, 0.717) is 40.8 Å². The molecule has 0 spiro atoms. The van der Waals surface area contributed by atoms with Gasteiger partial charge in [-0.3, -0.25) is 18.7 Å². The van der Waals surface area contributed by atoms with Crippen LogP contribution in [-0.2, 0) is 20.1 Å². The number of benzene rings is 2. The summed E-state index contributed by atoms with van der Waals surface area (Å²) < 4.78 is 4.19. The second-order valence-electron chi connectivity index (χ2n) is 8.41. The first-order valence-corrected chi connectivity index (χ1v) is 11.0. The van der Waals surface area contributed by atoms with E-state index >= 15 is 0 Å². The molecule has 0 radical (unpaired) electrons. The zero-order chi connectivity index (χ0) is 23.3. The predicted octanol–water partition coefficient (Wildman–Crippen LogP) is 3.22. The molecule has 0 unspecified atom stereocenters. The summed E-state index contributed by atoms with van der Waals surface area (Å²) in [6.45, 7) is 3.05. The first kappa shape index (κ1) is 21.2. The quantitative estimate of drug-likeness (QED) is 0.434. The van der Waals surface area contributed by atoms with E-state index in [1.807, 2.05) is 21.6 Å². The van der Waals surface area contributed by atoms with Crippen LogP contribution in [0.15, 0.2) is 64.2 Å². The molecule has 2 aromatic heterocycles. The maximum atomic E-state index is 13.5. The van der Waals surface area contributed by atoms with E-state index in [4.69, 9.17) is 11.6 Å². The average molecular weight is 464 g/mol. The van der Waals surface area contributed by atoms with Crippen LogP contribution in [0, 0.1) is 5.92 Å². The summed E-state index contributed by atoms with van der Waals surface area (Å²) in [5.41, 5.74) is 0.881. The smallest absolute Gasteiger partial charge is 0.312 e. The van der Waals surface area contributed by atoms with Gasteiger partial charge in [-0.05, 0) is 30.2 Å². The number of carbonyl (C=O) groups excluding carboxylic acids is 1. The number of anilines is 2. The summed E-state index contributed by atoms with van der Waals surface area (Å²) >= 11 is 6.06. The zero-order valence-electron chi connectivity index (χ0n) is 18.2. The van der Waals surface area contributed by atoms with E-state index in [1.165, 1.54) is 4.57 Å². The normalized spacial score (nSPS) is 15.6. The lowest BCUT2D eigenvalue weighted by molar-refractivity contribution is 0.0969. The second-order valence-corrected chi connectivity index (χ2v) is 8.85. The number of carbonyl (C=O) groups is 1. The van der Waals surface area contributed by atoms with Gasteiger partial charge < -0.3 is 9.47 Å². The molecule has 2 aromatic carbocycles. The molecule has 1 aliphatic heterocycles. The third kappa shape index (κ3) is 3.56. The molecule has 0 aliphatic carbocycles. The van der Waals surface area contributed by atoms with E-state index < -0.39 is 11.2 Å². The highest BCUT2D eigenvalue weighted by Gasteiger charge is 2.30. The molecular weight excluding hydrogens is 442 g/mol. The number of imidazole rings is 1. The fourth-order valence-corrected chi connectivity index (χ4v) is 4.47. The van der Waals surface area contributed by atoms with Crippen molar-refractivity contribution in [2.45, 2.75) is 20.0 Å². The minimum atomic E-state index is -0.571. The van der Waals surface area contributed by atoms with Crippen LogP contribution in [0.1, 0.15) is 17.3 Å². The number of halogens is 1. The standard InChI is InChI=1S/C24H22ClN5O3/c1-15-12-28(18-10-8-17(25)9-11-18)23-26-21-20(29(23)13-15)22(32)30(24(33)27(21)2)14-19(31)16-6-4-3-5-7-16/h3-11,15H,12-14H2,1-2H3/t15-/m1/s1. The van der Waals surface area contributed by atoms with Crippen LogP contribution in [0.4, 0.5) is 11.6 Å². The van der Waals surface area contributed by atoms with Crippen molar-refractivity contribution >= 4 is 40.2 Å². The van der Waals surface area contributed by atoms with Crippen molar-refractivity contribution in [3.05, 3.63) is 86.0 Å². The molecule has 9 heteroatoms. The largest absolute Gasteiger partial charge is 0.332 e. The van der Waals surface area contributed by atoms with E-state index in [0.717, 1.165) is 10.3 Å². The molecule has 0 N–H and O–H groups in total. The topological polar surface area (TPSA) is 82.1 Å². The Kier molecular flexibility index (Phi) is 5.17. The highest BCUT2D eigenvalue weighted by Crippen LogP contribution is 2.33. The Morgan fingerprint density at radius 1 is 1.06 bits per heavy atom. The maximum Gasteiger partial charge on any atom is 0.332 e. The maximum absolute atomic E-state index is 13.5. The van der Waals surface area contributed by atoms with Crippen LogP contribution >= 0.6 is 11.6 Å². The Labute approximate surface area is 194 Å². The fourth-order valence-electron chi connectivity index (χ4n) is 4.34. The lowest BCUT2D eigenvalue weighted by atomic mass is 10.1. The highest BCUT2D eigenvalue weighted by molar-refractivity contribution is 6.30. The molecule has 1 atom stereocenters. The molecule has 0 saturated heterocycles. The Morgan fingerprint density at radius 3 is 2.45 bits per heavy atom. The van der Waals surface area contributed by atoms with Gasteiger partial charge in [0.25, 0.3) is 5.56 Å². The molecule has 0 amide bonds. The Hall–Kier alpha value is -3.65. The van der Waals surface area contributed by atoms with Gasteiger partial charge in [0.1, 0.15) is 0 Å². The monoisotopic (exact) mass is 463 g/mol. The Bertz CT molecular complexity index is 1490. The first-order chi connectivity index (χ1) is 15.8. The molecular formula is C24H22ClN5O3. The van der Waals surface area contributed by atoms with E-state index in [1.54, 1.807) is 49.5 Å². The van der Waals surface area contributed by atoms with Crippen molar-refractivity contribution in [3.8, 4) is 0 Å². The molecule has 1 aliphatic rings. The molecule has 3 heterocycles. The van der Waals surface area contributed by atoms with Gasteiger partial charge in [-0.25, -0.2) is 4.79 Å². The van der Waals surface area contributed by atoms with Gasteiger partial charge in [-0.2, -0.15) is 4.98 Å². The summed E-state index contributed by atoms with van der Waals surface area (Å²) in [7, 11) is 1.57. The third-order valence-corrected chi connectivity index (χ3v) is 6.23. The van der Waals surface area contributed by atoms with Gasteiger partial charge in [-0.1, -0.05) is 48.9 Å². The van der Waals surface area contributed by atoms with Crippen LogP contribution in [0.25, 0.3) is 11.2 Å². The molecule has 0 bridgehead atoms. The SMILES string of the molecule is C[C@@H]1CN(c2ccc(Cl)cc2)c2nc3c(c(=O)n(CC(=O)c4ccccc4)c(=O)n3C)n2C1. The lowest BCUT2D eigenvalue weighted by Gasteiger charge is -2.33. The summed E-state index contributed by atoms with van der Waals surface area (Å²) in [4.78, 5) is 46.0. The van der Waals surface area contributed by atoms with Gasteiger partial charge in [0, 0.05) is 36.4 Å². The lowest BCUT2D eigenvalue weighted by Crippen LogP contribution is -2.42. The van der Waals surface area contributed by atoms with Gasteiger partial charge in [0.15, 0.2) is 16.9 Å². The van der Waals surface area contributed by atoms with Crippen molar-refractivity contribution in [2.75, 3.05) is 11.4 Å². The summed E-state index contributed by atoms with van der Waals surface area (Å²) in [6, 6.07) is 16.1. The number of aromatic nitrogens is 4. The molecule has 0 fully saturated rings. The number of hydrogen-bond acceptors (Lipinski definition) is 5. The van der Waals surface area contributed by atoms with Crippen LogP contribution in [0.2, 0.25) is 5.02 Å². The number of rotatable bonds is 4. The molecule has 4 aromatic rings. The number of ketones is 1. The minimum absolute atomic E-state index is 0.224. The molecule has 8 nitrogen and oxygen atoms in total. The summed E-state index contributed by atoms with van der Waals surface area (Å²) in [6.07, 6.45) is 0. The van der Waals surface area contributed by atoms with Gasteiger partial charge in [0.2, 0.25) is 5.95 Å². The van der Waals surface area contributed by atoms with E-state index in [9.17, 15) is 14.4 Å². The van der Waals surface area contributed by atoms with Crippen LogP contribution in [0.5, 0.6) is 0 Å². The molecule has 33 heavy (non-hydrogen) atoms. The zero-order valence-corrected chi connectivity index (χ0v) is 19.0. The first-order valence-electron chi connectivity index (χ1n) is 10.7. The van der Waals surface area contributed by atoms with Crippen molar-refractivity contribution in [1.82, 2.24) is 18.7 Å². The van der Waals surface area contributed by atoms with Crippen molar-refractivity contribution in [1.29, 1.82) is 0 Å². The Balaban J connectivity index is 1.68. The number of hydrogen-bond donors (Lipinski definition) is 0. The summed E-state index contributed by atoms with van der Waals surface area (Å²) in [5, 5.41) is 0.630. The Morgan fingerprint density at radius 2 is 1.76 bits per heavy atom. The predicted molar refractivity (Wildman–Crippen MR) is 128 cm³/mol. The van der Waals surface area contributed by atoms with Gasteiger partial charge >= 0.3 is 5.69 Å². The average Bonchev–Trinajstić information content (AvgIpc) is 3.20. The van der Waals surface area contributed by atoms with Crippen LogP contribution in [-0.4, -0.2) is 31.0 Å². The molecule has 168 valence electrons. The van der Waals surface area contributed by atoms with E-state index in [2.05, 4.69) is 11.9 Å². The number of aryl methyl sites for hydroxylation is 1. The van der Waals surface area contributed by atoms with E-state index in [-0.39, 0.29) is 18.2 Å². The fraction of sp³-hybridized carbons (Fsp3) is 0.250. The van der Waals surface area contributed by atoms with Crippen molar-refractivity contribution in [2.24, 2.45) is 13.0 Å². The number of fused-ring (bicyclic) bond motifs is 3. The van der Waals surface area contributed by atoms with Crippen LogP contribution < -0.4 is 16.1 Å². The van der Waals surface area contributed by atoms with Crippen molar-refractivity contribution in [3.63, 3.8) is 0 Å². The number of nitrogens with zero attached hydrogens (tertiary/aromatic N) is 5. The molecule has 0 saturated carbocycles. The van der Waals surface area contributed by atoms with Gasteiger partial charge in [-0.15, -0.1) is 0 Å².